The van der Waals surface area contributed by atoms with Gasteiger partial charge in [0.15, 0.2) is 5.78 Å². The number of allylic oxidation sites excluding steroid dienone is 1. The highest BCUT2D eigenvalue weighted by Gasteiger charge is 2.68. The third kappa shape index (κ3) is 3.28. The Labute approximate surface area is 195 Å². The lowest BCUT2D eigenvalue weighted by Crippen LogP contribution is -2.61. The first-order valence-electron chi connectivity index (χ1n) is 12.4. The highest BCUT2D eigenvalue weighted by molar-refractivity contribution is 5.91. The Morgan fingerprint density at radius 1 is 1.24 bits per heavy atom. The Bertz CT molecular complexity index is 1010. The lowest BCUT2D eigenvalue weighted by molar-refractivity contribution is -0.180. The van der Waals surface area contributed by atoms with Crippen LogP contribution in [0.1, 0.15) is 82.7 Å². The first-order valence-corrected chi connectivity index (χ1v) is 12.4. The Hall–Kier alpha value is -1.92. The summed E-state index contributed by atoms with van der Waals surface area (Å²) in [6, 6.07) is 3.99. The molecule has 180 valence electrons. The summed E-state index contributed by atoms with van der Waals surface area (Å²) in [7, 11) is 0. The molecule has 1 aromatic heterocycles. The van der Waals surface area contributed by atoms with Crippen LogP contribution in [0.4, 0.5) is 0 Å². The Balaban J connectivity index is 1.61. The molecule has 3 fully saturated rings. The maximum absolute atomic E-state index is 12.4. The van der Waals surface area contributed by atoms with Gasteiger partial charge >= 0.3 is 5.97 Å². The van der Waals surface area contributed by atoms with Crippen molar-refractivity contribution in [2.75, 3.05) is 0 Å². The molecule has 0 saturated heterocycles. The molecule has 3 saturated carbocycles. The Morgan fingerprint density at radius 3 is 2.67 bits per heavy atom. The van der Waals surface area contributed by atoms with E-state index < -0.39 is 23.1 Å². The van der Waals surface area contributed by atoms with Crippen molar-refractivity contribution >= 4 is 11.8 Å². The third-order valence-corrected chi connectivity index (χ3v) is 10.2. The number of carbonyl (C=O) groups excluding carboxylic acids is 1. The summed E-state index contributed by atoms with van der Waals surface area (Å²) < 4.78 is 6.13. The van der Waals surface area contributed by atoms with E-state index in [-0.39, 0.29) is 47.7 Å². The number of aryl methyl sites for hydroxylation is 1. The predicted molar refractivity (Wildman–Crippen MR) is 121 cm³/mol. The number of aliphatic carboxylic acids is 1. The minimum Gasteiger partial charge on any atom is -0.481 e. The Kier molecular flexibility index (Phi) is 5.22. The second-order valence-corrected chi connectivity index (χ2v) is 11.7. The van der Waals surface area contributed by atoms with Gasteiger partial charge in [-0.1, -0.05) is 19.4 Å². The quantitative estimate of drug-likeness (QED) is 0.621. The van der Waals surface area contributed by atoms with Crippen molar-refractivity contribution in [1.82, 2.24) is 0 Å². The number of ketones is 1. The number of aliphatic hydroxyl groups is 2. The number of carboxylic acid groups (broad SMARTS) is 1. The second-order valence-electron chi connectivity index (χ2n) is 11.7. The minimum atomic E-state index is -1.11. The summed E-state index contributed by atoms with van der Waals surface area (Å²) in [5.74, 6) is 1.23. The molecule has 33 heavy (non-hydrogen) atoms. The van der Waals surface area contributed by atoms with Gasteiger partial charge in [0.05, 0.1) is 11.7 Å². The number of hydrogen-bond acceptors (Lipinski definition) is 5. The van der Waals surface area contributed by atoms with Crippen LogP contribution in [0.25, 0.3) is 0 Å². The summed E-state index contributed by atoms with van der Waals surface area (Å²) >= 11 is 0. The van der Waals surface area contributed by atoms with Crippen molar-refractivity contribution in [2.24, 2.45) is 28.6 Å². The van der Waals surface area contributed by atoms with E-state index in [0.29, 0.717) is 19.3 Å². The maximum atomic E-state index is 12.4. The van der Waals surface area contributed by atoms with Crippen molar-refractivity contribution in [3.63, 3.8) is 0 Å². The van der Waals surface area contributed by atoms with Crippen molar-refractivity contribution < 1.29 is 29.3 Å². The van der Waals surface area contributed by atoms with Crippen LogP contribution < -0.4 is 0 Å². The van der Waals surface area contributed by atoms with Crippen LogP contribution in [-0.2, 0) is 9.59 Å². The summed E-state index contributed by atoms with van der Waals surface area (Å²) in [5, 5.41) is 32.7. The fourth-order valence-electron chi connectivity index (χ4n) is 8.44. The molecule has 4 aliphatic rings. The molecule has 0 amide bonds. The van der Waals surface area contributed by atoms with Gasteiger partial charge in [-0.3, -0.25) is 9.59 Å². The predicted octanol–water partition coefficient (Wildman–Crippen LogP) is 4.38. The zero-order valence-corrected chi connectivity index (χ0v) is 19.8. The number of furan rings is 1. The van der Waals surface area contributed by atoms with E-state index in [9.17, 15) is 24.9 Å². The van der Waals surface area contributed by atoms with Gasteiger partial charge in [0.1, 0.15) is 11.5 Å². The molecule has 0 unspecified atom stereocenters. The molecule has 4 aliphatic carbocycles. The fraction of sp³-hybridized carbons (Fsp3) is 0.704. The first-order chi connectivity index (χ1) is 15.5. The number of carbonyl (C=O) groups is 2. The van der Waals surface area contributed by atoms with Crippen LogP contribution in [0, 0.1) is 35.5 Å². The molecule has 0 spiro atoms. The monoisotopic (exact) mass is 456 g/mol. The van der Waals surface area contributed by atoms with Crippen molar-refractivity contribution in [1.29, 1.82) is 0 Å². The summed E-state index contributed by atoms with van der Waals surface area (Å²) in [6.45, 7) is 6.20. The highest BCUT2D eigenvalue weighted by atomic mass is 16.4. The SMILES string of the molecule is Cc1ccc([C@@H]2CC3=CC(=O)CC[C@]3(C)[C@@H]3[C@@H]2[C@@H]2CC[C@](O)(CCC(=O)O)[C@@]2(C)C[C@H]3O)o1. The molecular formula is C27H36O6. The van der Waals surface area contributed by atoms with Gasteiger partial charge in [0.25, 0.3) is 0 Å². The number of aliphatic hydroxyl groups excluding tert-OH is 1. The van der Waals surface area contributed by atoms with E-state index in [4.69, 9.17) is 4.42 Å². The molecule has 8 atom stereocenters. The van der Waals surface area contributed by atoms with E-state index in [1.54, 1.807) is 0 Å². The average Bonchev–Trinajstić information content (AvgIpc) is 3.27. The number of rotatable bonds is 4. The summed E-state index contributed by atoms with van der Waals surface area (Å²) in [5.41, 5.74) is -0.795. The van der Waals surface area contributed by atoms with Crippen LogP contribution in [0.2, 0.25) is 0 Å². The average molecular weight is 457 g/mol. The maximum Gasteiger partial charge on any atom is 0.303 e. The molecule has 0 radical (unpaired) electrons. The molecule has 6 heteroatoms. The summed E-state index contributed by atoms with van der Waals surface area (Å²) in [6.07, 6.45) is 5.12. The molecule has 3 N–H and O–H groups in total. The molecule has 1 aromatic rings. The van der Waals surface area contributed by atoms with Crippen LogP contribution in [-0.4, -0.2) is 38.8 Å². The van der Waals surface area contributed by atoms with E-state index in [1.807, 2.05) is 25.1 Å². The second kappa shape index (κ2) is 7.54. The van der Waals surface area contributed by atoms with Crippen LogP contribution in [0.3, 0.4) is 0 Å². The highest BCUT2D eigenvalue weighted by Crippen LogP contribution is 2.70. The first kappa shape index (κ1) is 22.9. The normalized spacial score (nSPS) is 44.6. The lowest BCUT2D eigenvalue weighted by atomic mass is 9.43. The van der Waals surface area contributed by atoms with E-state index in [0.717, 1.165) is 36.4 Å². The smallest absolute Gasteiger partial charge is 0.303 e. The third-order valence-electron chi connectivity index (χ3n) is 10.2. The van der Waals surface area contributed by atoms with Gasteiger partial charge in [-0.15, -0.1) is 0 Å². The number of hydrogen-bond donors (Lipinski definition) is 3. The molecule has 6 nitrogen and oxygen atoms in total. The topological polar surface area (TPSA) is 108 Å². The van der Waals surface area contributed by atoms with E-state index in [1.165, 1.54) is 0 Å². The lowest BCUT2D eigenvalue weighted by Gasteiger charge is -2.62. The van der Waals surface area contributed by atoms with E-state index in [2.05, 4.69) is 13.8 Å². The fourth-order valence-corrected chi connectivity index (χ4v) is 8.44. The van der Waals surface area contributed by atoms with Crippen molar-refractivity contribution in [3.05, 3.63) is 35.3 Å². The summed E-state index contributed by atoms with van der Waals surface area (Å²) in [4.78, 5) is 23.7. The van der Waals surface area contributed by atoms with Gasteiger partial charge in [0.2, 0.25) is 0 Å². The molecule has 1 heterocycles. The number of fused-ring (bicyclic) bond motifs is 5. The van der Waals surface area contributed by atoms with Gasteiger partial charge in [0, 0.05) is 24.2 Å². The zero-order chi connectivity index (χ0) is 23.8. The van der Waals surface area contributed by atoms with E-state index >= 15 is 0 Å². The standard InChI is InChI=1S/C27H36O6/c1-15-4-5-21(33-15)18-13-16-12-17(28)6-9-25(16,2)24-20(29)14-26(3)19(23(18)24)7-10-27(26,32)11-8-22(30)31/h4-5,12,18-20,23-24,29,32H,6-11,13-14H2,1-3H3,(H,30,31)/t18-,19-,20+,23-,24-,25-,26-,27-/m0/s1. The number of carboxylic acids is 1. The van der Waals surface area contributed by atoms with Crippen LogP contribution in [0.5, 0.6) is 0 Å². The van der Waals surface area contributed by atoms with Crippen molar-refractivity contribution in [3.8, 4) is 0 Å². The molecule has 5 rings (SSSR count). The Morgan fingerprint density at radius 2 is 2.00 bits per heavy atom. The van der Waals surface area contributed by atoms with Crippen LogP contribution >= 0.6 is 0 Å². The van der Waals surface area contributed by atoms with Gasteiger partial charge in [-0.25, -0.2) is 0 Å². The molecule has 0 bridgehead atoms. The molecule has 0 aromatic carbocycles. The zero-order valence-electron chi connectivity index (χ0n) is 19.8. The minimum absolute atomic E-state index is 0.0232. The van der Waals surface area contributed by atoms with Gasteiger partial charge in [-0.2, -0.15) is 0 Å². The largest absolute Gasteiger partial charge is 0.481 e. The van der Waals surface area contributed by atoms with Crippen molar-refractivity contribution in [2.45, 2.75) is 89.8 Å². The molecular weight excluding hydrogens is 420 g/mol. The van der Waals surface area contributed by atoms with Gasteiger partial charge < -0.3 is 19.7 Å². The van der Waals surface area contributed by atoms with Crippen LogP contribution in [0.15, 0.2) is 28.2 Å². The van der Waals surface area contributed by atoms with Gasteiger partial charge in [-0.05, 0) is 86.8 Å². The molecule has 0 aliphatic heterocycles.